The fraction of sp³-hybridized carbons (Fsp3) is 0.611. The van der Waals surface area contributed by atoms with E-state index in [0.29, 0.717) is 26.2 Å². The van der Waals surface area contributed by atoms with Crippen LogP contribution < -0.4 is 15.2 Å². The summed E-state index contributed by atoms with van der Waals surface area (Å²) in [5, 5.41) is 0. The van der Waals surface area contributed by atoms with Crippen LogP contribution in [0.15, 0.2) is 24.3 Å². The van der Waals surface area contributed by atoms with Gasteiger partial charge < -0.3 is 24.8 Å². The van der Waals surface area contributed by atoms with Crippen LogP contribution in [0.1, 0.15) is 25.7 Å². The highest BCUT2D eigenvalue weighted by Gasteiger charge is 2.22. The predicted octanol–water partition coefficient (Wildman–Crippen LogP) is 2.24. The first-order chi connectivity index (χ1) is 11.7. The molecule has 1 aromatic carbocycles. The van der Waals surface area contributed by atoms with Crippen LogP contribution in [0.3, 0.4) is 0 Å². The van der Waals surface area contributed by atoms with Gasteiger partial charge in [-0.15, -0.1) is 12.4 Å². The van der Waals surface area contributed by atoms with Crippen molar-refractivity contribution in [2.45, 2.75) is 31.8 Å². The molecule has 2 rings (SSSR count). The third kappa shape index (κ3) is 7.50. The molecule has 0 radical (unpaired) electrons. The van der Waals surface area contributed by atoms with Crippen LogP contribution in [0, 0.1) is 0 Å². The zero-order valence-electron chi connectivity index (χ0n) is 14.8. The molecule has 0 spiro atoms. The highest BCUT2D eigenvalue weighted by atomic mass is 35.5. The van der Waals surface area contributed by atoms with E-state index in [4.69, 9.17) is 19.9 Å². The number of ether oxygens (including phenoxy) is 3. The zero-order valence-corrected chi connectivity index (χ0v) is 15.6. The summed E-state index contributed by atoms with van der Waals surface area (Å²) in [7, 11) is 1.63. The molecule has 142 valence electrons. The maximum Gasteiger partial charge on any atom is 0.226 e. The molecule has 25 heavy (non-hydrogen) atoms. The van der Waals surface area contributed by atoms with Crippen molar-refractivity contribution < 1.29 is 19.0 Å². The van der Waals surface area contributed by atoms with Gasteiger partial charge in [0, 0.05) is 19.7 Å². The Morgan fingerprint density at radius 1 is 1.16 bits per heavy atom. The molecule has 0 unspecified atom stereocenters. The monoisotopic (exact) mass is 372 g/mol. The summed E-state index contributed by atoms with van der Waals surface area (Å²) in [6.07, 6.45) is 3.34. The van der Waals surface area contributed by atoms with E-state index in [1.54, 1.807) is 7.11 Å². The average Bonchev–Trinajstić information content (AvgIpc) is 2.63. The number of hydrogen-bond acceptors (Lipinski definition) is 5. The third-order valence-corrected chi connectivity index (χ3v) is 4.14. The second-order valence-corrected chi connectivity index (χ2v) is 5.87. The van der Waals surface area contributed by atoms with Crippen LogP contribution in [0.25, 0.3) is 0 Å². The minimum atomic E-state index is 0. The van der Waals surface area contributed by atoms with E-state index in [2.05, 4.69) is 0 Å². The lowest BCUT2D eigenvalue weighted by molar-refractivity contribution is -0.134. The van der Waals surface area contributed by atoms with Gasteiger partial charge in [-0.25, -0.2) is 0 Å². The molecule has 0 atom stereocenters. The smallest absolute Gasteiger partial charge is 0.226 e. The van der Waals surface area contributed by atoms with Crippen LogP contribution in [-0.4, -0.2) is 56.9 Å². The maximum absolute atomic E-state index is 12.2. The number of methoxy groups -OCH3 is 1. The normalized spacial score (nSPS) is 14.7. The Balaban J connectivity index is 0.00000312. The number of carbonyl (C=O) groups is 1. The first kappa shape index (κ1) is 21.5. The van der Waals surface area contributed by atoms with Crippen LogP contribution >= 0.6 is 12.4 Å². The van der Waals surface area contributed by atoms with Crippen molar-refractivity contribution in [3.8, 4) is 11.5 Å². The number of halogens is 1. The summed E-state index contributed by atoms with van der Waals surface area (Å²) in [5.41, 5.74) is 5.46. The van der Waals surface area contributed by atoms with Gasteiger partial charge in [0.15, 0.2) is 0 Å². The van der Waals surface area contributed by atoms with E-state index in [-0.39, 0.29) is 24.4 Å². The summed E-state index contributed by atoms with van der Waals surface area (Å²) in [6.45, 7) is 3.28. The largest absolute Gasteiger partial charge is 0.497 e. The summed E-state index contributed by atoms with van der Waals surface area (Å²) >= 11 is 0. The lowest BCUT2D eigenvalue weighted by atomic mass is 10.1. The van der Waals surface area contributed by atoms with Gasteiger partial charge in [0.25, 0.3) is 0 Å². The molecule has 1 heterocycles. The number of hydrogen-bond donors (Lipinski definition) is 1. The van der Waals surface area contributed by atoms with E-state index in [1.807, 2.05) is 29.2 Å². The molecule has 1 fully saturated rings. The van der Waals surface area contributed by atoms with E-state index >= 15 is 0 Å². The standard InChI is InChI=1S/C18H28N2O4.ClH/c1-22-15-3-5-16(6-4-15)24-14-9-18(21)20-11-7-17(8-12-20)23-13-2-10-19;/h3-6,17H,2,7-14,19H2,1H3;1H. The molecule has 7 heteroatoms. The van der Waals surface area contributed by atoms with Gasteiger partial charge in [-0.1, -0.05) is 0 Å². The molecule has 2 N–H and O–H groups in total. The number of nitrogens with two attached hydrogens (primary N) is 1. The fourth-order valence-corrected chi connectivity index (χ4v) is 2.69. The quantitative estimate of drug-likeness (QED) is 0.673. The van der Waals surface area contributed by atoms with Crippen LogP contribution in [0.4, 0.5) is 0 Å². The Labute approximate surface area is 156 Å². The molecule has 1 amide bonds. The van der Waals surface area contributed by atoms with Crippen molar-refractivity contribution in [3.05, 3.63) is 24.3 Å². The van der Waals surface area contributed by atoms with Crippen molar-refractivity contribution in [2.75, 3.05) is 40.0 Å². The molecule has 0 bridgehead atoms. The molecule has 1 saturated heterocycles. The number of carbonyl (C=O) groups excluding carboxylic acids is 1. The molecule has 6 nitrogen and oxygen atoms in total. The highest BCUT2D eigenvalue weighted by molar-refractivity contribution is 5.85. The number of piperidine rings is 1. The second kappa shape index (κ2) is 12.0. The number of nitrogens with zero attached hydrogens (tertiary/aromatic N) is 1. The molecular formula is C18H29ClN2O4. The Hall–Kier alpha value is -1.50. The van der Waals surface area contributed by atoms with Gasteiger partial charge in [0.2, 0.25) is 5.91 Å². The minimum Gasteiger partial charge on any atom is -0.497 e. The van der Waals surface area contributed by atoms with Gasteiger partial charge in [-0.3, -0.25) is 4.79 Å². The minimum absolute atomic E-state index is 0. The second-order valence-electron chi connectivity index (χ2n) is 5.87. The van der Waals surface area contributed by atoms with Crippen molar-refractivity contribution in [1.29, 1.82) is 0 Å². The third-order valence-electron chi connectivity index (χ3n) is 4.14. The van der Waals surface area contributed by atoms with E-state index in [0.717, 1.165) is 43.9 Å². The molecule has 0 saturated carbocycles. The number of rotatable bonds is 9. The predicted molar refractivity (Wildman–Crippen MR) is 99.6 cm³/mol. The van der Waals surface area contributed by atoms with E-state index in [1.165, 1.54) is 0 Å². The Morgan fingerprint density at radius 2 is 1.80 bits per heavy atom. The van der Waals surface area contributed by atoms with Gasteiger partial charge in [0.05, 0.1) is 26.2 Å². The number of amides is 1. The van der Waals surface area contributed by atoms with Crippen molar-refractivity contribution in [2.24, 2.45) is 5.73 Å². The average molecular weight is 373 g/mol. The fourth-order valence-electron chi connectivity index (χ4n) is 2.69. The van der Waals surface area contributed by atoms with Crippen LogP contribution in [0.2, 0.25) is 0 Å². The van der Waals surface area contributed by atoms with Crippen LogP contribution in [-0.2, 0) is 9.53 Å². The summed E-state index contributed by atoms with van der Waals surface area (Å²) in [4.78, 5) is 14.1. The lowest BCUT2D eigenvalue weighted by Crippen LogP contribution is -2.41. The summed E-state index contributed by atoms with van der Waals surface area (Å²) in [5.74, 6) is 1.68. The van der Waals surface area contributed by atoms with Gasteiger partial charge >= 0.3 is 0 Å². The maximum atomic E-state index is 12.2. The Morgan fingerprint density at radius 3 is 2.40 bits per heavy atom. The van der Waals surface area contributed by atoms with Gasteiger partial charge in [-0.2, -0.15) is 0 Å². The lowest BCUT2D eigenvalue weighted by Gasteiger charge is -2.32. The zero-order chi connectivity index (χ0) is 17.2. The summed E-state index contributed by atoms with van der Waals surface area (Å²) in [6, 6.07) is 7.36. The van der Waals surface area contributed by atoms with Crippen molar-refractivity contribution in [1.82, 2.24) is 4.90 Å². The SMILES string of the molecule is COc1ccc(OCCC(=O)N2CCC(OCCCN)CC2)cc1.Cl. The molecule has 1 aliphatic rings. The molecule has 1 aromatic rings. The summed E-state index contributed by atoms with van der Waals surface area (Å²) < 4.78 is 16.5. The molecule has 1 aliphatic heterocycles. The van der Waals surface area contributed by atoms with Crippen molar-refractivity contribution in [3.63, 3.8) is 0 Å². The number of benzene rings is 1. The first-order valence-corrected chi connectivity index (χ1v) is 8.59. The highest BCUT2D eigenvalue weighted by Crippen LogP contribution is 2.18. The van der Waals surface area contributed by atoms with E-state index < -0.39 is 0 Å². The van der Waals surface area contributed by atoms with E-state index in [9.17, 15) is 4.79 Å². The van der Waals surface area contributed by atoms with Gasteiger partial charge in [0.1, 0.15) is 11.5 Å². The Bertz CT molecular complexity index is 490. The molecule has 0 aliphatic carbocycles. The van der Waals surface area contributed by atoms with Gasteiger partial charge in [-0.05, 0) is 50.1 Å². The van der Waals surface area contributed by atoms with Crippen LogP contribution in [0.5, 0.6) is 11.5 Å². The number of likely N-dealkylation sites (tertiary alicyclic amines) is 1. The first-order valence-electron chi connectivity index (χ1n) is 8.59. The molecular weight excluding hydrogens is 344 g/mol. The van der Waals surface area contributed by atoms with Crippen molar-refractivity contribution >= 4 is 18.3 Å². The molecule has 0 aromatic heterocycles. The topological polar surface area (TPSA) is 74.0 Å². The Kier molecular flexibility index (Phi) is 10.3.